The lowest BCUT2D eigenvalue weighted by molar-refractivity contribution is 0.180. The fourth-order valence-corrected chi connectivity index (χ4v) is 2.15. The number of hydrogen-bond donors (Lipinski definition) is 2. The van der Waals surface area contributed by atoms with Crippen molar-refractivity contribution in [3.8, 4) is 5.75 Å². The van der Waals surface area contributed by atoms with Crippen LogP contribution in [-0.4, -0.2) is 10.2 Å². The van der Waals surface area contributed by atoms with Crippen molar-refractivity contribution in [2.75, 3.05) is 0 Å². The number of phenolic OH excluding ortho intramolecular Hbond substituents is 1. The Balaban J connectivity index is 0.000000148. The monoisotopic (exact) mass is 318 g/mol. The third-order valence-electron chi connectivity index (χ3n) is 2.86. The average Bonchev–Trinajstić information content (AvgIpc) is 2.44. The number of rotatable bonds is 0. The van der Waals surface area contributed by atoms with Gasteiger partial charge in [-0.15, -0.1) is 0 Å². The number of benzene rings is 2. The summed E-state index contributed by atoms with van der Waals surface area (Å²) in [5.41, 5.74) is 2.20. The van der Waals surface area contributed by atoms with E-state index >= 15 is 0 Å². The smallest absolute Gasteiger partial charge is 0.129 e. The van der Waals surface area contributed by atoms with Gasteiger partial charge < -0.3 is 10.2 Å². The van der Waals surface area contributed by atoms with Crippen molar-refractivity contribution in [3.63, 3.8) is 0 Å². The van der Waals surface area contributed by atoms with Crippen molar-refractivity contribution in [1.29, 1.82) is 0 Å². The molecule has 0 saturated heterocycles. The van der Waals surface area contributed by atoms with Crippen LogP contribution >= 0.6 is 15.9 Å². The molecule has 1 aliphatic carbocycles. The molecular formula is C16H15BrO2. The highest BCUT2D eigenvalue weighted by atomic mass is 79.9. The van der Waals surface area contributed by atoms with Crippen LogP contribution in [0.25, 0.3) is 6.08 Å². The summed E-state index contributed by atoms with van der Waals surface area (Å²) in [7, 11) is 0. The van der Waals surface area contributed by atoms with Gasteiger partial charge in [0.15, 0.2) is 0 Å². The van der Waals surface area contributed by atoms with Crippen LogP contribution in [0.3, 0.4) is 0 Å². The van der Waals surface area contributed by atoms with Gasteiger partial charge in [0.25, 0.3) is 0 Å². The van der Waals surface area contributed by atoms with E-state index in [1.807, 2.05) is 36.4 Å². The number of halogens is 1. The maximum absolute atomic E-state index is 9.51. The summed E-state index contributed by atoms with van der Waals surface area (Å²) in [6, 6.07) is 15.0. The Morgan fingerprint density at radius 2 is 1.68 bits per heavy atom. The molecular weight excluding hydrogens is 304 g/mol. The molecule has 3 heteroatoms. The van der Waals surface area contributed by atoms with Crippen LogP contribution in [0.4, 0.5) is 0 Å². The van der Waals surface area contributed by atoms with Crippen molar-refractivity contribution in [2.45, 2.75) is 12.5 Å². The number of phenols is 1. The van der Waals surface area contributed by atoms with Gasteiger partial charge in [-0.3, -0.25) is 0 Å². The molecule has 2 nitrogen and oxygen atoms in total. The Morgan fingerprint density at radius 1 is 1.00 bits per heavy atom. The van der Waals surface area contributed by atoms with Crippen LogP contribution in [0.5, 0.6) is 5.75 Å². The van der Waals surface area contributed by atoms with Gasteiger partial charge in [0.2, 0.25) is 0 Å². The minimum absolute atomic E-state index is 0.285. The highest BCUT2D eigenvalue weighted by Gasteiger charge is 2.11. The summed E-state index contributed by atoms with van der Waals surface area (Å²) < 4.78 is 0.736. The zero-order valence-electron chi connectivity index (χ0n) is 10.3. The summed E-state index contributed by atoms with van der Waals surface area (Å²) in [5, 5.41) is 18.4. The first kappa shape index (κ1) is 13.8. The Bertz CT molecular complexity index is 557. The van der Waals surface area contributed by atoms with E-state index in [0.29, 0.717) is 0 Å². The molecule has 0 heterocycles. The van der Waals surface area contributed by atoms with E-state index in [2.05, 4.69) is 22.0 Å². The second-order valence-electron chi connectivity index (χ2n) is 4.23. The highest BCUT2D eigenvalue weighted by Crippen LogP contribution is 2.26. The molecule has 0 spiro atoms. The maximum Gasteiger partial charge on any atom is 0.129 e. The molecule has 3 rings (SSSR count). The van der Waals surface area contributed by atoms with E-state index in [1.54, 1.807) is 18.2 Å². The van der Waals surface area contributed by atoms with E-state index in [-0.39, 0.29) is 11.9 Å². The van der Waals surface area contributed by atoms with Gasteiger partial charge in [-0.05, 0) is 45.6 Å². The van der Waals surface area contributed by atoms with Crippen molar-refractivity contribution < 1.29 is 10.2 Å². The van der Waals surface area contributed by atoms with Crippen LogP contribution in [0.15, 0.2) is 59.1 Å². The first-order chi connectivity index (χ1) is 9.18. The van der Waals surface area contributed by atoms with Crippen LogP contribution in [-0.2, 0) is 0 Å². The summed E-state index contributed by atoms with van der Waals surface area (Å²) in [4.78, 5) is 0. The second-order valence-corrected chi connectivity index (χ2v) is 5.09. The molecule has 0 bridgehead atoms. The van der Waals surface area contributed by atoms with Gasteiger partial charge in [-0.25, -0.2) is 0 Å². The molecule has 0 aromatic heterocycles. The van der Waals surface area contributed by atoms with Gasteiger partial charge in [0, 0.05) is 0 Å². The van der Waals surface area contributed by atoms with Crippen molar-refractivity contribution >= 4 is 22.0 Å². The second kappa shape index (κ2) is 6.55. The summed E-state index contributed by atoms with van der Waals surface area (Å²) in [6.45, 7) is 0. The molecule has 0 aliphatic heterocycles. The molecule has 2 N–H and O–H groups in total. The number of aliphatic hydroxyl groups excluding tert-OH is 1. The molecule has 0 amide bonds. The third-order valence-corrected chi connectivity index (χ3v) is 3.53. The number of aromatic hydroxyl groups is 1. The minimum atomic E-state index is -0.295. The third kappa shape index (κ3) is 3.69. The average molecular weight is 319 g/mol. The molecule has 2 aromatic carbocycles. The number of fused-ring (bicyclic) bond motifs is 1. The van der Waals surface area contributed by atoms with Crippen molar-refractivity contribution in [1.82, 2.24) is 0 Å². The fourth-order valence-electron chi connectivity index (χ4n) is 1.87. The predicted molar refractivity (Wildman–Crippen MR) is 80.9 cm³/mol. The Labute approximate surface area is 121 Å². The SMILES string of the molecule is OC1CC=Cc2ccccc21.Oc1ccccc1Br. The molecule has 19 heavy (non-hydrogen) atoms. The zero-order chi connectivity index (χ0) is 13.7. The molecule has 2 aromatic rings. The van der Waals surface area contributed by atoms with Gasteiger partial charge in [-0.1, -0.05) is 48.6 Å². The van der Waals surface area contributed by atoms with Crippen LogP contribution in [0.2, 0.25) is 0 Å². The maximum atomic E-state index is 9.51. The van der Waals surface area contributed by atoms with Gasteiger partial charge in [0.1, 0.15) is 5.75 Å². The standard InChI is InChI=1S/C10H10O.C6H5BrO/c11-10-7-3-5-8-4-1-2-6-9(8)10;7-5-3-1-2-4-6(5)8/h1-6,10-11H,7H2;1-4,8H. The van der Waals surface area contributed by atoms with Crippen LogP contribution < -0.4 is 0 Å². The van der Waals surface area contributed by atoms with Gasteiger partial charge in [0.05, 0.1) is 10.6 Å². The first-order valence-corrected chi connectivity index (χ1v) is 6.85. The number of hydrogen-bond acceptors (Lipinski definition) is 2. The van der Waals surface area contributed by atoms with Crippen molar-refractivity contribution in [3.05, 3.63) is 70.2 Å². The Morgan fingerprint density at radius 3 is 2.32 bits per heavy atom. The number of para-hydroxylation sites is 1. The van der Waals surface area contributed by atoms with E-state index < -0.39 is 0 Å². The largest absolute Gasteiger partial charge is 0.507 e. The lowest BCUT2D eigenvalue weighted by Gasteiger charge is -2.15. The van der Waals surface area contributed by atoms with E-state index in [4.69, 9.17) is 5.11 Å². The molecule has 1 atom stereocenters. The van der Waals surface area contributed by atoms with E-state index in [9.17, 15) is 5.11 Å². The normalized spacial score (nSPS) is 16.2. The summed E-state index contributed by atoms with van der Waals surface area (Å²) in [6.07, 6.45) is 4.52. The Kier molecular flexibility index (Phi) is 4.77. The zero-order valence-corrected chi connectivity index (χ0v) is 11.9. The lowest BCUT2D eigenvalue weighted by Crippen LogP contribution is -2.01. The molecule has 0 radical (unpaired) electrons. The molecule has 0 fully saturated rings. The summed E-state index contributed by atoms with van der Waals surface area (Å²) in [5.74, 6) is 0.285. The van der Waals surface area contributed by atoms with E-state index in [1.165, 1.54) is 0 Å². The summed E-state index contributed by atoms with van der Waals surface area (Å²) >= 11 is 3.15. The molecule has 1 aliphatic rings. The fraction of sp³-hybridized carbons (Fsp3) is 0.125. The van der Waals surface area contributed by atoms with Crippen molar-refractivity contribution in [2.24, 2.45) is 0 Å². The Hall–Kier alpha value is -1.58. The van der Waals surface area contributed by atoms with Crippen LogP contribution in [0, 0.1) is 0 Å². The van der Waals surface area contributed by atoms with Crippen LogP contribution in [0.1, 0.15) is 23.7 Å². The minimum Gasteiger partial charge on any atom is -0.507 e. The topological polar surface area (TPSA) is 40.5 Å². The van der Waals surface area contributed by atoms with E-state index in [0.717, 1.165) is 22.0 Å². The first-order valence-electron chi connectivity index (χ1n) is 6.05. The lowest BCUT2D eigenvalue weighted by atomic mass is 9.95. The molecule has 1 unspecified atom stereocenters. The molecule has 0 saturated carbocycles. The predicted octanol–water partition coefficient (Wildman–Crippen LogP) is 4.29. The number of aliphatic hydroxyl groups is 1. The molecule has 98 valence electrons. The highest BCUT2D eigenvalue weighted by molar-refractivity contribution is 9.10. The van der Waals surface area contributed by atoms with Gasteiger partial charge in [-0.2, -0.15) is 0 Å². The van der Waals surface area contributed by atoms with Gasteiger partial charge >= 0.3 is 0 Å². The quantitative estimate of drug-likeness (QED) is 0.760.